The third-order valence-corrected chi connectivity index (χ3v) is 4.17. The van der Waals surface area contributed by atoms with E-state index in [1.54, 1.807) is 0 Å². The Balaban J connectivity index is 1.88. The minimum atomic E-state index is -5.15. The van der Waals surface area contributed by atoms with E-state index in [9.17, 15) is 39.5 Å². The van der Waals surface area contributed by atoms with Gasteiger partial charge in [0.05, 0.1) is 0 Å². The van der Waals surface area contributed by atoms with Gasteiger partial charge in [0.2, 0.25) is 0 Å². The molecule has 3 aromatic carbocycles. The van der Waals surface area contributed by atoms with Crippen molar-refractivity contribution in [1.82, 2.24) is 0 Å². The molecule has 0 heterocycles. The van der Waals surface area contributed by atoms with Crippen LogP contribution in [0.15, 0.2) is 48.5 Å². The van der Waals surface area contributed by atoms with Crippen LogP contribution >= 0.6 is 11.6 Å². The average molecular weight is 487 g/mol. The molecule has 12 heteroatoms. The molecular weight excluding hydrogens is 479 g/mol. The van der Waals surface area contributed by atoms with Crippen LogP contribution in [0.4, 0.5) is 39.5 Å². The van der Waals surface area contributed by atoms with Crippen molar-refractivity contribution in [3.63, 3.8) is 0 Å². The summed E-state index contributed by atoms with van der Waals surface area (Å²) in [5.41, 5.74) is -2.39. The van der Waals surface area contributed by atoms with Gasteiger partial charge in [-0.15, -0.1) is 13.2 Å². The van der Waals surface area contributed by atoms with Crippen LogP contribution in [-0.2, 0) is 6.11 Å². The van der Waals surface area contributed by atoms with E-state index in [0.29, 0.717) is 30.3 Å². The maximum atomic E-state index is 14.4. The van der Waals surface area contributed by atoms with Gasteiger partial charge in [0, 0.05) is 16.7 Å². The first kappa shape index (κ1) is 23.6. The second-order valence-corrected chi connectivity index (χ2v) is 6.63. The smallest absolute Gasteiger partial charge is 0.429 e. The van der Waals surface area contributed by atoms with E-state index in [1.165, 1.54) is 0 Å². The second-order valence-electron chi connectivity index (χ2n) is 6.20. The number of ether oxygens (including phenoxy) is 2. The van der Waals surface area contributed by atoms with E-state index < -0.39 is 57.8 Å². The molecule has 0 unspecified atom stereocenters. The molecule has 0 radical (unpaired) electrons. The number of alkyl halides is 5. The summed E-state index contributed by atoms with van der Waals surface area (Å²) in [5, 5.41) is -0.478. The number of benzene rings is 3. The first-order valence-electron chi connectivity index (χ1n) is 8.34. The van der Waals surface area contributed by atoms with Crippen molar-refractivity contribution in [2.45, 2.75) is 12.5 Å². The topological polar surface area (TPSA) is 18.5 Å². The lowest BCUT2D eigenvalue weighted by atomic mass is 10.0. The SMILES string of the molecule is Fc1cc(-c2ccc(OC(F)(F)c3c(F)cc(Cl)cc3F)cc2F)ccc1OC(F)(F)F. The van der Waals surface area contributed by atoms with Crippen LogP contribution < -0.4 is 9.47 Å². The van der Waals surface area contributed by atoms with Crippen LogP contribution in [0.5, 0.6) is 11.5 Å². The van der Waals surface area contributed by atoms with Gasteiger partial charge < -0.3 is 9.47 Å². The van der Waals surface area contributed by atoms with E-state index in [-0.39, 0.29) is 11.1 Å². The second kappa shape index (κ2) is 8.45. The Labute approximate surface area is 178 Å². The average Bonchev–Trinajstić information content (AvgIpc) is 2.61. The van der Waals surface area contributed by atoms with Gasteiger partial charge in [-0.1, -0.05) is 17.7 Å². The Kier molecular flexibility index (Phi) is 6.23. The lowest BCUT2D eigenvalue weighted by Gasteiger charge is -2.20. The summed E-state index contributed by atoms with van der Waals surface area (Å²) in [6, 6.07) is 4.96. The lowest BCUT2D eigenvalue weighted by molar-refractivity contribution is -0.275. The molecule has 32 heavy (non-hydrogen) atoms. The van der Waals surface area contributed by atoms with Crippen molar-refractivity contribution in [1.29, 1.82) is 0 Å². The molecule has 0 atom stereocenters. The number of halogens is 10. The summed E-state index contributed by atoms with van der Waals surface area (Å²) in [4.78, 5) is 0. The van der Waals surface area contributed by atoms with Gasteiger partial charge in [0.15, 0.2) is 11.6 Å². The molecule has 2 nitrogen and oxygen atoms in total. The molecule has 0 fully saturated rings. The summed E-state index contributed by atoms with van der Waals surface area (Å²) in [6.07, 6.45) is -9.71. The van der Waals surface area contributed by atoms with E-state index in [2.05, 4.69) is 9.47 Å². The largest absolute Gasteiger partial charge is 0.573 e. The maximum Gasteiger partial charge on any atom is 0.573 e. The zero-order chi connectivity index (χ0) is 23.8. The molecule has 0 amide bonds. The molecule has 3 rings (SSSR count). The highest BCUT2D eigenvalue weighted by molar-refractivity contribution is 6.30. The number of hydrogen-bond donors (Lipinski definition) is 0. The van der Waals surface area contributed by atoms with Crippen LogP contribution in [0.1, 0.15) is 5.56 Å². The third-order valence-electron chi connectivity index (χ3n) is 3.95. The van der Waals surface area contributed by atoms with E-state index in [4.69, 9.17) is 11.6 Å². The van der Waals surface area contributed by atoms with Crippen LogP contribution in [0.3, 0.4) is 0 Å². The zero-order valence-corrected chi connectivity index (χ0v) is 16.0. The summed E-state index contributed by atoms with van der Waals surface area (Å²) in [7, 11) is 0. The predicted octanol–water partition coefficient (Wildman–Crippen LogP) is 7.59. The number of rotatable bonds is 5. The summed E-state index contributed by atoms with van der Waals surface area (Å²) >= 11 is 5.38. The molecule has 0 saturated heterocycles. The molecule has 0 aliphatic heterocycles. The van der Waals surface area contributed by atoms with E-state index in [1.807, 2.05) is 0 Å². The Morgan fingerprint density at radius 2 is 1.28 bits per heavy atom. The zero-order valence-electron chi connectivity index (χ0n) is 15.2. The molecule has 0 bridgehead atoms. The maximum absolute atomic E-state index is 14.4. The summed E-state index contributed by atoms with van der Waals surface area (Å²) < 4.78 is 129. The molecule has 0 saturated carbocycles. The van der Waals surface area contributed by atoms with Gasteiger partial charge in [-0.2, -0.15) is 8.78 Å². The van der Waals surface area contributed by atoms with Crippen LogP contribution in [0, 0.1) is 23.3 Å². The monoisotopic (exact) mass is 486 g/mol. The molecule has 170 valence electrons. The molecule has 0 aliphatic rings. The van der Waals surface area contributed by atoms with Crippen molar-refractivity contribution < 1.29 is 49.0 Å². The van der Waals surface area contributed by atoms with Crippen LogP contribution in [-0.4, -0.2) is 6.36 Å². The van der Waals surface area contributed by atoms with Gasteiger partial charge in [0.1, 0.15) is 28.8 Å². The fourth-order valence-corrected chi connectivity index (χ4v) is 2.88. The molecule has 0 aromatic heterocycles. The van der Waals surface area contributed by atoms with Gasteiger partial charge in [-0.05, 0) is 42.0 Å². The highest BCUT2D eigenvalue weighted by Gasteiger charge is 2.41. The van der Waals surface area contributed by atoms with Crippen molar-refractivity contribution in [3.05, 3.63) is 82.4 Å². The minimum absolute atomic E-state index is 0.248. The van der Waals surface area contributed by atoms with E-state index in [0.717, 1.165) is 18.2 Å². The fourth-order valence-electron chi connectivity index (χ4n) is 2.69. The lowest BCUT2D eigenvalue weighted by Crippen LogP contribution is -2.25. The number of hydrogen-bond acceptors (Lipinski definition) is 2. The Hall–Kier alpha value is -3.08. The van der Waals surface area contributed by atoms with Gasteiger partial charge in [0.25, 0.3) is 0 Å². The van der Waals surface area contributed by atoms with Crippen LogP contribution in [0.2, 0.25) is 5.02 Å². The Morgan fingerprint density at radius 1 is 0.656 bits per heavy atom. The quantitative estimate of drug-likeness (QED) is 0.346. The van der Waals surface area contributed by atoms with Crippen molar-refractivity contribution in [2.24, 2.45) is 0 Å². The molecule has 3 aromatic rings. The van der Waals surface area contributed by atoms with Crippen molar-refractivity contribution in [3.8, 4) is 22.6 Å². The molecular formula is C20H8ClF9O2. The van der Waals surface area contributed by atoms with Gasteiger partial charge in [-0.25, -0.2) is 17.6 Å². The predicted molar refractivity (Wildman–Crippen MR) is 94.4 cm³/mol. The molecule has 0 aliphatic carbocycles. The highest BCUT2D eigenvalue weighted by atomic mass is 35.5. The van der Waals surface area contributed by atoms with Crippen molar-refractivity contribution >= 4 is 11.6 Å². The first-order chi connectivity index (χ1) is 14.8. The Bertz CT molecular complexity index is 1140. The van der Waals surface area contributed by atoms with Gasteiger partial charge in [-0.3, -0.25) is 0 Å². The minimum Gasteiger partial charge on any atom is -0.429 e. The van der Waals surface area contributed by atoms with Gasteiger partial charge >= 0.3 is 12.5 Å². The fraction of sp³-hybridized carbons (Fsp3) is 0.100. The Morgan fingerprint density at radius 3 is 1.81 bits per heavy atom. The molecule has 0 N–H and O–H groups in total. The standard InChI is InChI=1S/C20H8ClF9O2/c21-10-6-15(24)18(16(25)7-10)19(26,27)31-11-2-3-12(13(22)8-11)9-1-4-17(14(23)5-9)32-20(28,29)30/h1-8H. The summed E-state index contributed by atoms with van der Waals surface area (Å²) in [5.74, 6) is -8.10. The highest BCUT2D eigenvalue weighted by Crippen LogP contribution is 2.38. The third kappa shape index (κ3) is 5.21. The first-order valence-corrected chi connectivity index (χ1v) is 8.72. The molecule has 0 spiro atoms. The normalized spacial score (nSPS) is 12.1. The summed E-state index contributed by atoms with van der Waals surface area (Å²) in [6.45, 7) is 0. The van der Waals surface area contributed by atoms with E-state index >= 15 is 0 Å². The van der Waals surface area contributed by atoms with Crippen LogP contribution in [0.25, 0.3) is 11.1 Å². The van der Waals surface area contributed by atoms with Crippen molar-refractivity contribution in [2.75, 3.05) is 0 Å².